The van der Waals surface area contributed by atoms with Gasteiger partial charge in [-0.05, 0) is 74.5 Å². The zero-order valence-corrected chi connectivity index (χ0v) is 16.3. The minimum absolute atomic E-state index is 0.00124. The van der Waals surface area contributed by atoms with Gasteiger partial charge in [0.05, 0.1) is 0 Å². The van der Waals surface area contributed by atoms with Gasteiger partial charge in [-0.25, -0.2) is 4.79 Å². The minimum Gasteiger partial charge on any atom is -0.349 e. The summed E-state index contributed by atoms with van der Waals surface area (Å²) in [5, 5.41) is 3.97. The first-order valence-corrected chi connectivity index (χ1v) is 10.5. The lowest BCUT2D eigenvalue weighted by Gasteiger charge is -2.57. The highest BCUT2D eigenvalue weighted by molar-refractivity contribution is 6.30. The third-order valence-electron chi connectivity index (χ3n) is 6.99. The van der Waals surface area contributed by atoms with Crippen molar-refractivity contribution in [3.05, 3.63) is 29.3 Å². The first kappa shape index (κ1) is 17.4. The van der Waals surface area contributed by atoms with Crippen molar-refractivity contribution >= 4 is 29.2 Å². The number of hydrogen-bond donors (Lipinski definition) is 1. The van der Waals surface area contributed by atoms with Crippen LogP contribution in [0.4, 0.5) is 10.5 Å². The predicted molar refractivity (Wildman–Crippen MR) is 105 cm³/mol. The van der Waals surface area contributed by atoms with E-state index < -0.39 is 0 Å². The quantitative estimate of drug-likeness (QED) is 0.857. The summed E-state index contributed by atoms with van der Waals surface area (Å²) in [6, 6.07) is 7.19. The lowest BCUT2D eigenvalue weighted by atomic mass is 9.53. The molecular formula is C21H26ClN3O2. The number of carbonyl (C=O) groups excluding carboxylic acids is 2. The first-order valence-electron chi connectivity index (χ1n) is 10.1. The summed E-state index contributed by atoms with van der Waals surface area (Å²) in [6.45, 7) is 1.31. The van der Waals surface area contributed by atoms with Gasteiger partial charge in [0.25, 0.3) is 0 Å². The number of anilines is 1. The summed E-state index contributed by atoms with van der Waals surface area (Å²) >= 11 is 6.05. The Balaban J connectivity index is 1.22. The van der Waals surface area contributed by atoms with E-state index in [0.717, 1.165) is 42.7 Å². The second kappa shape index (κ2) is 6.40. The van der Waals surface area contributed by atoms with Crippen molar-refractivity contribution < 1.29 is 9.59 Å². The minimum atomic E-state index is -0.113. The lowest BCUT2D eigenvalue weighted by molar-refractivity contribution is -0.127. The molecule has 0 atom stereocenters. The van der Waals surface area contributed by atoms with Crippen LogP contribution in [-0.4, -0.2) is 42.0 Å². The van der Waals surface area contributed by atoms with Gasteiger partial charge in [0.2, 0.25) is 5.91 Å². The number of carbonyl (C=O) groups is 2. The molecule has 1 aromatic carbocycles. The molecule has 5 fully saturated rings. The number of nitrogens with one attached hydrogen (secondary N) is 1. The third kappa shape index (κ3) is 3.20. The van der Waals surface area contributed by atoms with Gasteiger partial charge in [0, 0.05) is 29.3 Å². The van der Waals surface area contributed by atoms with Gasteiger partial charge in [0.15, 0.2) is 0 Å². The Labute approximate surface area is 165 Å². The number of rotatable bonds is 4. The molecule has 0 spiro atoms. The second-order valence-electron chi connectivity index (χ2n) is 9.08. The van der Waals surface area contributed by atoms with Gasteiger partial charge in [-0.1, -0.05) is 17.7 Å². The van der Waals surface area contributed by atoms with Crippen molar-refractivity contribution in [2.45, 2.75) is 44.1 Å². The molecule has 0 unspecified atom stereocenters. The molecular weight excluding hydrogens is 362 g/mol. The van der Waals surface area contributed by atoms with Crippen molar-refractivity contribution in [2.75, 3.05) is 24.5 Å². The fraction of sp³-hybridized carbons (Fsp3) is 0.619. The Morgan fingerprint density at radius 2 is 1.78 bits per heavy atom. The monoisotopic (exact) mass is 387 g/mol. The van der Waals surface area contributed by atoms with Crippen LogP contribution in [0.2, 0.25) is 5.02 Å². The zero-order chi connectivity index (χ0) is 18.6. The molecule has 4 aliphatic carbocycles. The standard InChI is InChI=1S/C21H26ClN3O2/c22-17-2-1-3-18(9-17)25-5-4-24(20(25)27)13-19(26)23-21-10-14-6-15(11-21)8-16(7-14)12-21/h1-3,9,14-16H,4-8,10-13H2,(H,23,26). The second-order valence-corrected chi connectivity index (χ2v) is 9.52. The number of benzene rings is 1. The Hall–Kier alpha value is -1.75. The Bertz CT molecular complexity index is 745. The Kier molecular flexibility index (Phi) is 4.12. The van der Waals surface area contributed by atoms with E-state index >= 15 is 0 Å². The number of amides is 3. The summed E-state index contributed by atoms with van der Waals surface area (Å²) in [5.41, 5.74) is 0.790. The van der Waals surface area contributed by atoms with E-state index in [1.165, 1.54) is 19.3 Å². The molecule has 5 nitrogen and oxygen atoms in total. The zero-order valence-electron chi connectivity index (χ0n) is 15.5. The van der Waals surface area contributed by atoms with E-state index in [2.05, 4.69) is 5.32 Å². The Morgan fingerprint density at radius 3 is 2.41 bits per heavy atom. The van der Waals surface area contributed by atoms with Crippen LogP contribution < -0.4 is 10.2 Å². The first-order chi connectivity index (χ1) is 13.0. The molecule has 6 rings (SSSR count). The van der Waals surface area contributed by atoms with Crippen LogP contribution in [0.3, 0.4) is 0 Å². The molecule has 1 heterocycles. The number of hydrogen-bond acceptors (Lipinski definition) is 2. The van der Waals surface area contributed by atoms with Crippen molar-refractivity contribution in [1.82, 2.24) is 10.2 Å². The normalized spacial score (nSPS) is 34.4. The van der Waals surface area contributed by atoms with E-state index in [0.29, 0.717) is 18.1 Å². The van der Waals surface area contributed by atoms with Gasteiger partial charge >= 0.3 is 6.03 Å². The summed E-state index contributed by atoms with van der Waals surface area (Å²) in [4.78, 5) is 28.9. The van der Waals surface area contributed by atoms with Crippen LogP contribution in [0.25, 0.3) is 0 Å². The van der Waals surface area contributed by atoms with Crippen LogP contribution in [0.1, 0.15) is 38.5 Å². The highest BCUT2D eigenvalue weighted by Gasteiger charge is 2.51. The molecule has 27 heavy (non-hydrogen) atoms. The smallest absolute Gasteiger partial charge is 0.325 e. The van der Waals surface area contributed by atoms with Crippen LogP contribution in [0, 0.1) is 17.8 Å². The SMILES string of the molecule is O=C(CN1CCN(c2cccc(Cl)c2)C1=O)NC12CC3CC(CC(C3)C1)C2. The fourth-order valence-electron chi connectivity index (χ4n) is 6.39. The maximum Gasteiger partial charge on any atom is 0.325 e. The van der Waals surface area contributed by atoms with Gasteiger partial charge in [-0.2, -0.15) is 0 Å². The van der Waals surface area contributed by atoms with Crippen LogP contribution in [0.5, 0.6) is 0 Å². The van der Waals surface area contributed by atoms with Gasteiger partial charge in [-0.3, -0.25) is 9.69 Å². The Morgan fingerprint density at radius 1 is 1.11 bits per heavy atom. The third-order valence-corrected chi connectivity index (χ3v) is 7.23. The molecule has 1 aromatic rings. The van der Waals surface area contributed by atoms with Crippen molar-refractivity contribution in [3.8, 4) is 0 Å². The predicted octanol–water partition coefficient (Wildman–Crippen LogP) is 3.67. The van der Waals surface area contributed by atoms with E-state index in [1.807, 2.05) is 12.1 Å². The molecule has 4 bridgehead atoms. The number of nitrogens with zero attached hydrogens (tertiary/aromatic N) is 2. The molecule has 1 saturated heterocycles. The average Bonchev–Trinajstić information content (AvgIpc) is 2.93. The number of halogens is 1. The molecule has 5 aliphatic rings. The summed E-state index contributed by atoms with van der Waals surface area (Å²) < 4.78 is 0. The number of urea groups is 1. The molecule has 3 amide bonds. The molecule has 6 heteroatoms. The highest BCUT2D eigenvalue weighted by atomic mass is 35.5. The molecule has 4 saturated carbocycles. The van der Waals surface area contributed by atoms with Crippen LogP contribution in [0.15, 0.2) is 24.3 Å². The van der Waals surface area contributed by atoms with E-state index in [1.54, 1.807) is 21.9 Å². The van der Waals surface area contributed by atoms with E-state index in [4.69, 9.17) is 11.6 Å². The van der Waals surface area contributed by atoms with Gasteiger partial charge < -0.3 is 10.2 Å². The summed E-state index contributed by atoms with van der Waals surface area (Å²) in [7, 11) is 0. The molecule has 144 valence electrons. The van der Waals surface area contributed by atoms with Crippen LogP contribution in [-0.2, 0) is 4.79 Å². The van der Waals surface area contributed by atoms with Crippen molar-refractivity contribution in [1.29, 1.82) is 0 Å². The van der Waals surface area contributed by atoms with Crippen LogP contribution >= 0.6 is 11.6 Å². The fourth-order valence-corrected chi connectivity index (χ4v) is 6.57. The topological polar surface area (TPSA) is 52.7 Å². The molecule has 0 aromatic heterocycles. The van der Waals surface area contributed by atoms with Crippen molar-refractivity contribution in [3.63, 3.8) is 0 Å². The summed E-state index contributed by atoms with van der Waals surface area (Å²) in [5.74, 6) is 2.38. The highest BCUT2D eigenvalue weighted by Crippen LogP contribution is 2.55. The molecule has 0 radical (unpaired) electrons. The van der Waals surface area contributed by atoms with E-state index in [9.17, 15) is 9.59 Å². The molecule has 1 N–H and O–H groups in total. The lowest BCUT2D eigenvalue weighted by Crippen LogP contribution is -2.61. The van der Waals surface area contributed by atoms with Crippen molar-refractivity contribution in [2.24, 2.45) is 17.8 Å². The molecule has 1 aliphatic heterocycles. The van der Waals surface area contributed by atoms with E-state index in [-0.39, 0.29) is 24.0 Å². The summed E-state index contributed by atoms with van der Waals surface area (Å²) in [6.07, 6.45) is 7.46. The van der Waals surface area contributed by atoms with Gasteiger partial charge in [-0.15, -0.1) is 0 Å². The largest absolute Gasteiger partial charge is 0.349 e. The maximum atomic E-state index is 12.8. The average molecular weight is 388 g/mol. The maximum absolute atomic E-state index is 12.8. The van der Waals surface area contributed by atoms with Gasteiger partial charge in [0.1, 0.15) is 6.54 Å².